The van der Waals surface area contributed by atoms with Crippen molar-refractivity contribution in [2.75, 3.05) is 17.2 Å². The Kier molecular flexibility index (Phi) is 5.28. The predicted octanol–water partition coefficient (Wildman–Crippen LogP) is 5.58. The third-order valence-electron chi connectivity index (χ3n) is 6.23. The molecule has 1 heterocycles. The first kappa shape index (κ1) is 21.7. The minimum absolute atomic E-state index is 0.415. The van der Waals surface area contributed by atoms with Crippen LogP contribution in [0.2, 0.25) is 0 Å². The Bertz CT molecular complexity index is 1190. The van der Waals surface area contributed by atoms with Gasteiger partial charge in [-0.3, -0.25) is 0 Å². The number of halogens is 3. The van der Waals surface area contributed by atoms with Crippen LogP contribution in [0, 0.1) is 5.92 Å². The molecule has 2 aliphatic carbocycles. The number of anilines is 3. The molecule has 172 valence electrons. The van der Waals surface area contributed by atoms with Gasteiger partial charge in [0.05, 0.1) is 16.9 Å². The molecule has 5 nitrogen and oxygen atoms in total. The van der Waals surface area contributed by atoms with Crippen LogP contribution in [0.5, 0.6) is 0 Å². The van der Waals surface area contributed by atoms with Crippen LogP contribution in [0.1, 0.15) is 36.5 Å². The van der Waals surface area contributed by atoms with E-state index in [2.05, 4.69) is 20.6 Å². The topological polar surface area (TPSA) is 70.1 Å². The Morgan fingerprint density at radius 1 is 1.06 bits per heavy atom. The van der Waals surface area contributed by atoms with E-state index in [0.29, 0.717) is 48.1 Å². The summed E-state index contributed by atoms with van der Waals surface area (Å²) in [6.07, 6.45) is 0.307. The van der Waals surface area contributed by atoms with Crippen molar-refractivity contribution in [2.45, 2.75) is 44.4 Å². The van der Waals surface area contributed by atoms with Gasteiger partial charge in [0.25, 0.3) is 0 Å². The number of fused-ring (bicyclic) bond motifs is 1. The van der Waals surface area contributed by atoms with Gasteiger partial charge >= 0.3 is 6.18 Å². The van der Waals surface area contributed by atoms with Crippen molar-refractivity contribution in [2.24, 2.45) is 5.92 Å². The zero-order valence-electron chi connectivity index (χ0n) is 18.2. The average Bonchev–Trinajstić information content (AvgIpc) is 3.52. The summed E-state index contributed by atoms with van der Waals surface area (Å²) in [5.74, 6) is 1.04. The molecule has 5 rings (SSSR count). The van der Waals surface area contributed by atoms with Crippen molar-refractivity contribution >= 4 is 17.2 Å². The largest absolute Gasteiger partial charge is 0.416 e. The van der Waals surface area contributed by atoms with Gasteiger partial charge in [0, 0.05) is 42.4 Å². The fourth-order valence-electron chi connectivity index (χ4n) is 4.36. The zero-order chi connectivity index (χ0) is 23.2. The Morgan fingerprint density at radius 2 is 1.88 bits per heavy atom. The number of nitrogens with one attached hydrogen (secondary N) is 2. The molecule has 33 heavy (non-hydrogen) atoms. The molecule has 1 fully saturated rings. The quantitative estimate of drug-likeness (QED) is 0.454. The van der Waals surface area contributed by atoms with E-state index in [0.717, 1.165) is 41.8 Å². The molecule has 1 unspecified atom stereocenters. The summed E-state index contributed by atoms with van der Waals surface area (Å²) in [6.45, 7) is 2.46. The average molecular weight is 454 g/mol. The maximum atomic E-state index is 13.3. The van der Waals surface area contributed by atoms with Gasteiger partial charge in [-0.2, -0.15) is 13.2 Å². The first-order chi connectivity index (χ1) is 15.7. The number of alkyl halides is 3. The lowest BCUT2D eigenvalue weighted by molar-refractivity contribution is -0.137. The molecule has 2 aromatic carbocycles. The Balaban J connectivity index is 1.46. The predicted molar refractivity (Wildman–Crippen MR) is 121 cm³/mol. The molecule has 1 saturated carbocycles. The Labute approximate surface area is 190 Å². The van der Waals surface area contributed by atoms with E-state index >= 15 is 0 Å². The summed E-state index contributed by atoms with van der Waals surface area (Å²) in [4.78, 5) is 8.64. The summed E-state index contributed by atoms with van der Waals surface area (Å²) < 4.78 is 39.9. The molecule has 8 heteroatoms. The van der Waals surface area contributed by atoms with E-state index in [9.17, 15) is 18.3 Å². The lowest BCUT2D eigenvalue weighted by Crippen LogP contribution is -2.23. The van der Waals surface area contributed by atoms with Gasteiger partial charge in [0.2, 0.25) is 0 Å². The third kappa shape index (κ3) is 4.80. The van der Waals surface area contributed by atoms with E-state index in [1.165, 1.54) is 12.4 Å². The van der Waals surface area contributed by atoms with Crippen LogP contribution in [0.15, 0.2) is 48.8 Å². The lowest BCUT2D eigenvalue weighted by atomic mass is 10.0. The highest BCUT2D eigenvalue weighted by molar-refractivity contribution is 5.78. The fourth-order valence-corrected chi connectivity index (χ4v) is 4.36. The van der Waals surface area contributed by atoms with Crippen molar-refractivity contribution in [3.63, 3.8) is 0 Å². The normalized spacial score (nSPS) is 19.9. The SMILES string of the molecule is CC1(O)Cc2cccc(Nc3cc(-c4ccc(C(F)(F)F)cc4NCC4CC4)ncn3)c2C1. The maximum absolute atomic E-state index is 13.3. The molecule has 0 saturated heterocycles. The van der Waals surface area contributed by atoms with E-state index in [4.69, 9.17) is 0 Å². The minimum atomic E-state index is -4.41. The molecule has 0 aliphatic heterocycles. The highest BCUT2D eigenvalue weighted by Crippen LogP contribution is 2.38. The van der Waals surface area contributed by atoms with Crippen molar-refractivity contribution in [1.29, 1.82) is 0 Å². The van der Waals surface area contributed by atoms with Crippen LogP contribution in [0.3, 0.4) is 0 Å². The van der Waals surface area contributed by atoms with Gasteiger partial charge in [0.1, 0.15) is 12.1 Å². The van der Waals surface area contributed by atoms with Crippen molar-refractivity contribution < 1.29 is 18.3 Å². The van der Waals surface area contributed by atoms with E-state index < -0.39 is 17.3 Å². The second kappa shape index (κ2) is 8.02. The first-order valence-corrected chi connectivity index (χ1v) is 11.1. The molecule has 1 atom stereocenters. The molecule has 0 radical (unpaired) electrons. The summed E-state index contributed by atoms with van der Waals surface area (Å²) in [5.41, 5.74) is 3.06. The fraction of sp³-hybridized carbons (Fsp3) is 0.360. The number of aliphatic hydroxyl groups is 1. The zero-order valence-corrected chi connectivity index (χ0v) is 18.2. The molecule has 1 aromatic heterocycles. The number of aromatic nitrogens is 2. The second-order valence-electron chi connectivity index (χ2n) is 9.29. The smallest absolute Gasteiger partial charge is 0.389 e. The van der Waals surface area contributed by atoms with Crippen molar-refractivity contribution in [3.05, 3.63) is 65.5 Å². The van der Waals surface area contributed by atoms with Crippen molar-refractivity contribution in [3.8, 4) is 11.3 Å². The summed E-state index contributed by atoms with van der Waals surface area (Å²) in [6, 6.07) is 11.3. The highest BCUT2D eigenvalue weighted by atomic mass is 19.4. The standard InChI is InChI=1S/C25H25F3N4O/c1-24(33)11-16-3-2-4-20(19(16)12-24)32-23-10-22(30-14-31-23)18-8-7-17(25(26,27)28)9-21(18)29-13-15-5-6-15/h2-4,7-10,14-15,29,33H,5-6,11-13H2,1H3,(H,30,31,32). The van der Waals surface area contributed by atoms with Crippen LogP contribution in [0.25, 0.3) is 11.3 Å². The highest BCUT2D eigenvalue weighted by Gasteiger charge is 2.33. The molecule has 0 spiro atoms. The monoisotopic (exact) mass is 454 g/mol. The molecule has 0 amide bonds. The summed E-state index contributed by atoms with van der Waals surface area (Å²) in [7, 11) is 0. The van der Waals surface area contributed by atoms with Crippen molar-refractivity contribution in [1.82, 2.24) is 9.97 Å². The van der Waals surface area contributed by atoms with E-state index in [1.54, 1.807) is 6.07 Å². The van der Waals surface area contributed by atoms with Gasteiger partial charge in [-0.15, -0.1) is 0 Å². The second-order valence-corrected chi connectivity index (χ2v) is 9.29. The molecule has 3 aromatic rings. The van der Waals surface area contributed by atoms with Gasteiger partial charge < -0.3 is 15.7 Å². The van der Waals surface area contributed by atoms with E-state index in [-0.39, 0.29) is 0 Å². The van der Waals surface area contributed by atoms with E-state index in [1.807, 2.05) is 25.1 Å². The van der Waals surface area contributed by atoms with Crippen LogP contribution in [-0.2, 0) is 19.0 Å². The number of hydrogen-bond acceptors (Lipinski definition) is 5. The Hall–Kier alpha value is -3.13. The molecular formula is C25H25F3N4O. The van der Waals surface area contributed by atoms with Crippen LogP contribution in [-0.4, -0.2) is 27.2 Å². The van der Waals surface area contributed by atoms with Crippen LogP contribution >= 0.6 is 0 Å². The molecule has 3 N–H and O–H groups in total. The number of benzene rings is 2. The number of hydrogen-bond donors (Lipinski definition) is 3. The van der Waals surface area contributed by atoms with Gasteiger partial charge in [-0.25, -0.2) is 9.97 Å². The van der Waals surface area contributed by atoms with Gasteiger partial charge in [-0.05, 0) is 55.0 Å². The lowest BCUT2D eigenvalue weighted by Gasteiger charge is -2.16. The van der Waals surface area contributed by atoms with Gasteiger partial charge in [-0.1, -0.05) is 18.2 Å². The molecule has 2 aliphatic rings. The minimum Gasteiger partial charge on any atom is -0.389 e. The van der Waals surface area contributed by atoms with Crippen LogP contribution < -0.4 is 10.6 Å². The summed E-state index contributed by atoms with van der Waals surface area (Å²) in [5, 5.41) is 17.0. The number of rotatable bonds is 6. The number of nitrogens with zero attached hydrogens (tertiary/aromatic N) is 2. The third-order valence-corrected chi connectivity index (χ3v) is 6.23. The molecule has 0 bridgehead atoms. The van der Waals surface area contributed by atoms with Crippen LogP contribution in [0.4, 0.5) is 30.4 Å². The van der Waals surface area contributed by atoms with Gasteiger partial charge in [0.15, 0.2) is 0 Å². The summed E-state index contributed by atoms with van der Waals surface area (Å²) >= 11 is 0. The maximum Gasteiger partial charge on any atom is 0.416 e. The molecular weight excluding hydrogens is 429 g/mol. The Morgan fingerprint density at radius 3 is 2.64 bits per heavy atom. The first-order valence-electron chi connectivity index (χ1n) is 11.1.